The van der Waals surface area contributed by atoms with Crippen LogP contribution in [0.2, 0.25) is 0 Å². The van der Waals surface area contributed by atoms with Crippen LogP contribution >= 0.6 is 0 Å². The molecule has 1 fully saturated rings. The molecule has 3 nitrogen and oxygen atoms in total. The zero-order valence-electron chi connectivity index (χ0n) is 12.0. The maximum Gasteiger partial charge on any atom is 0.0582 e. The molecule has 0 aromatic carbocycles. The molecule has 1 N–H and O–H groups in total. The van der Waals surface area contributed by atoms with Gasteiger partial charge in [-0.25, -0.2) is 0 Å². The van der Waals surface area contributed by atoms with Crippen molar-refractivity contribution in [2.24, 2.45) is 5.92 Å². The van der Waals surface area contributed by atoms with Crippen LogP contribution in [0.4, 0.5) is 5.69 Å². The molecule has 1 aromatic rings. The van der Waals surface area contributed by atoms with E-state index >= 15 is 0 Å². The Labute approximate surface area is 111 Å². The zero-order valence-corrected chi connectivity index (χ0v) is 12.0. The molecule has 1 saturated heterocycles. The summed E-state index contributed by atoms with van der Waals surface area (Å²) in [5.74, 6) is 0.754. The Morgan fingerprint density at radius 3 is 2.89 bits per heavy atom. The van der Waals surface area contributed by atoms with E-state index in [-0.39, 0.29) is 5.54 Å². The molecule has 1 atom stereocenters. The first kappa shape index (κ1) is 13.3. The SMILES string of the molecule is Cc1ccncc1N1CCC(CNC(C)(C)C)C1. The van der Waals surface area contributed by atoms with Gasteiger partial charge in [-0.2, -0.15) is 0 Å². The van der Waals surface area contributed by atoms with Crippen LogP contribution in [-0.2, 0) is 0 Å². The molecular weight excluding hydrogens is 222 g/mol. The van der Waals surface area contributed by atoms with Crippen molar-refractivity contribution in [2.45, 2.75) is 39.7 Å². The van der Waals surface area contributed by atoms with E-state index in [2.05, 4.69) is 49.0 Å². The first-order valence-electron chi connectivity index (χ1n) is 6.86. The minimum absolute atomic E-state index is 0.220. The normalized spacial score (nSPS) is 20.4. The van der Waals surface area contributed by atoms with Crippen LogP contribution < -0.4 is 10.2 Å². The largest absolute Gasteiger partial charge is 0.370 e. The molecule has 1 aliphatic rings. The monoisotopic (exact) mass is 247 g/mol. The van der Waals surface area contributed by atoms with E-state index in [0.717, 1.165) is 25.6 Å². The molecule has 1 unspecified atom stereocenters. The second-order valence-electron chi connectivity index (χ2n) is 6.39. The Balaban J connectivity index is 1.91. The van der Waals surface area contributed by atoms with Crippen molar-refractivity contribution in [3.05, 3.63) is 24.0 Å². The third kappa shape index (κ3) is 3.45. The topological polar surface area (TPSA) is 28.2 Å². The lowest BCUT2D eigenvalue weighted by Crippen LogP contribution is -2.39. The van der Waals surface area contributed by atoms with Crippen LogP contribution in [0.3, 0.4) is 0 Å². The van der Waals surface area contributed by atoms with Crippen LogP contribution in [0.25, 0.3) is 0 Å². The fourth-order valence-electron chi connectivity index (χ4n) is 2.46. The number of nitrogens with zero attached hydrogens (tertiary/aromatic N) is 2. The van der Waals surface area contributed by atoms with Gasteiger partial charge in [0.25, 0.3) is 0 Å². The molecule has 0 bridgehead atoms. The molecule has 1 aliphatic heterocycles. The van der Waals surface area contributed by atoms with E-state index in [4.69, 9.17) is 0 Å². The Kier molecular flexibility index (Phi) is 3.91. The maximum atomic E-state index is 4.24. The Morgan fingerprint density at radius 1 is 1.44 bits per heavy atom. The molecule has 1 aromatic heterocycles. The lowest BCUT2D eigenvalue weighted by Gasteiger charge is -2.24. The van der Waals surface area contributed by atoms with Gasteiger partial charge in [0.15, 0.2) is 0 Å². The number of rotatable bonds is 3. The zero-order chi connectivity index (χ0) is 13.2. The summed E-state index contributed by atoms with van der Waals surface area (Å²) in [4.78, 5) is 6.71. The number of aryl methyl sites for hydroxylation is 1. The molecule has 3 heteroatoms. The summed E-state index contributed by atoms with van der Waals surface area (Å²) in [6, 6.07) is 2.09. The predicted octanol–water partition coefficient (Wildman–Crippen LogP) is 2.60. The number of pyridine rings is 1. The molecule has 100 valence electrons. The highest BCUT2D eigenvalue weighted by Gasteiger charge is 2.24. The van der Waals surface area contributed by atoms with Gasteiger partial charge in [-0.05, 0) is 51.7 Å². The van der Waals surface area contributed by atoms with E-state index in [1.807, 2.05) is 12.4 Å². The molecule has 2 heterocycles. The van der Waals surface area contributed by atoms with Gasteiger partial charge in [0.1, 0.15) is 0 Å². The van der Waals surface area contributed by atoms with Crippen LogP contribution in [0.1, 0.15) is 32.8 Å². The van der Waals surface area contributed by atoms with Crippen molar-refractivity contribution in [1.82, 2.24) is 10.3 Å². The van der Waals surface area contributed by atoms with E-state index in [1.165, 1.54) is 17.7 Å². The van der Waals surface area contributed by atoms with Crippen LogP contribution in [0.5, 0.6) is 0 Å². The first-order chi connectivity index (χ1) is 8.46. The molecule has 2 rings (SSSR count). The number of hydrogen-bond donors (Lipinski definition) is 1. The van der Waals surface area contributed by atoms with Crippen molar-refractivity contribution < 1.29 is 0 Å². The fraction of sp³-hybridized carbons (Fsp3) is 0.667. The van der Waals surface area contributed by atoms with Crippen LogP contribution in [0.15, 0.2) is 18.5 Å². The maximum absolute atomic E-state index is 4.24. The minimum atomic E-state index is 0.220. The summed E-state index contributed by atoms with van der Waals surface area (Å²) in [5, 5.41) is 3.61. The summed E-state index contributed by atoms with van der Waals surface area (Å²) in [6.45, 7) is 12.3. The number of anilines is 1. The van der Waals surface area contributed by atoms with Crippen molar-refractivity contribution in [3.8, 4) is 0 Å². The lowest BCUT2D eigenvalue weighted by molar-refractivity contribution is 0.383. The molecule has 0 amide bonds. The average molecular weight is 247 g/mol. The van der Waals surface area contributed by atoms with Gasteiger partial charge in [-0.3, -0.25) is 4.98 Å². The quantitative estimate of drug-likeness (QED) is 0.890. The molecular formula is C15H25N3. The van der Waals surface area contributed by atoms with E-state index in [1.54, 1.807) is 0 Å². The summed E-state index contributed by atoms with van der Waals surface area (Å²) < 4.78 is 0. The smallest absolute Gasteiger partial charge is 0.0582 e. The Bertz CT molecular complexity index is 395. The van der Waals surface area contributed by atoms with E-state index < -0.39 is 0 Å². The van der Waals surface area contributed by atoms with Crippen molar-refractivity contribution >= 4 is 5.69 Å². The third-order valence-electron chi connectivity index (χ3n) is 3.56. The molecule has 0 aliphatic carbocycles. The standard InChI is InChI=1S/C15H25N3/c1-12-5-7-16-10-14(12)18-8-6-13(11-18)9-17-15(2,3)4/h5,7,10,13,17H,6,8-9,11H2,1-4H3. The summed E-state index contributed by atoms with van der Waals surface area (Å²) >= 11 is 0. The van der Waals surface area contributed by atoms with Gasteiger partial charge < -0.3 is 10.2 Å². The first-order valence-corrected chi connectivity index (χ1v) is 6.86. The van der Waals surface area contributed by atoms with Gasteiger partial charge in [-0.1, -0.05) is 0 Å². The molecule has 18 heavy (non-hydrogen) atoms. The van der Waals surface area contributed by atoms with Crippen molar-refractivity contribution in [2.75, 3.05) is 24.5 Å². The van der Waals surface area contributed by atoms with Gasteiger partial charge in [0, 0.05) is 31.4 Å². The van der Waals surface area contributed by atoms with Crippen molar-refractivity contribution in [3.63, 3.8) is 0 Å². The van der Waals surface area contributed by atoms with Crippen molar-refractivity contribution in [1.29, 1.82) is 0 Å². The molecule has 0 saturated carbocycles. The van der Waals surface area contributed by atoms with Crippen LogP contribution in [0, 0.1) is 12.8 Å². The fourth-order valence-corrected chi connectivity index (χ4v) is 2.46. The minimum Gasteiger partial charge on any atom is -0.370 e. The Hall–Kier alpha value is -1.09. The number of aromatic nitrogens is 1. The molecule has 0 radical (unpaired) electrons. The predicted molar refractivity (Wildman–Crippen MR) is 77.0 cm³/mol. The number of hydrogen-bond acceptors (Lipinski definition) is 3. The summed E-state index contributed by atoms with van der Waals surface area (Å²) in [6.07, 6.45) is 5.14. The number of nitrogens with one attached hydrogen (secondary N) is 1. The highest BCUT2D eigenvalue weighted by molar-refractivity contribution is 5.51. The summed E-state index contributed by atoms with van der Waals surface area (Å²) in [7, 11) is 0. The van der Waals surface area contributed by atoms with Gasteiger partial charge in [-0.15, -0.1) is 0 Å². The third-order valence-corrected chi connectivity index (χ3v) is 3.56. The van der Waals surface area contributed by atoms with E-state index in [9.17, 15) is 0 Å². The van der Waals surface area contributed by atoms with Gasteiger partial charge in [0.2, 0.25) is 0 Å². The second-order valence-corrected chi connectivity index (χ2v) is 6.39. The summed E-state index contributed by atoms with van der Waals surface area (Å²) in [5.41, 5.74) is 2.85. The molecule has 0 spiro atoms. The second kappa shape index (κ2) is 5.27. The van der Waals surface area contributed by atoms with Crippen LogP contribution in [-0.4, -0.2) is 30.2 Å². The van der Waals surface area contributed by atoms with E-state index in [0.29, 0.717) is 0 Å². The Morgan fingerprint density at radius 2 is 2.22 bits per heavy atom. The average Bonchev–Trinajstić information content (AvgIpc) is 2.75. The highest BCUT2D eigenvalue weighted by atomic mass is 15.2. The van der Waals surface area contributed by atoms with Gasteiger partial charge in [0.05, 0.1) is 11.9 Å². The lowest BCUT2D eigenvalue weighted by atomic mass is 10.1. The van der Waals surface area contributed by atoms with Gasteiger partial charge >= 0.3 is 0 Å². The highest BCUT2D eigenvalue weighted by Crippen LogP contribution is 2.25.